The van der Waals surface area contributed by atoms with Gasteiger partial charge in [0, 0.05) is 6.54 Å². The average molecular weight is 284 g/mol. The number of nitrogens with one attached hydrogen (secondary N) is 1. The molecule has 0 spiro atoms. The molecule has 0 unspecified atom stereocenters. The van der Waals surface area contributed by atoms with Crippen LogP contribution in [0.15, 0.2) is 18.2 Å². The Bertz CT molecular complexity index is 503. The molecule has 1 aromatic carbocycles. The monoisotopic (exact) mass is 283 g/mol. The van der Waals surface area contributed by atoms with Crippen molar-refractivity contribution in [1.29, 1.82) is 0 Å². The number of hydrogen-bond acceptors (Lipinski definition) is 1. The van der Waals surface area contributed by atoms with Crippen LogP contribution in [0.2, 0.25) is 10.0 Å². The Morgan fingerprint density at radius 3 is 2.83 bits per heavy atom. The number of fused-ring (bicyclic) bond motifs is 1. The van der Waals surface area contributed by atoms with Crippen molar-refractivity contribution in [2.45, 2.75) is 31.1 Å². The van der Waals surface area contributed by atoms with E-state index >= 15 is 0 Å². The van der Waals surface area contributed by atoms with Crippen LogP contribution >= 0.6 is 23.2 Å². The fraction of sp³-hybridized carbons (Fsp3) is 0.500. The molecule has 1 saturated heterocycles. The highest BCUT2D eigenvalue weighted by molar-refractivity contribution is 6.42. The maximum absolute atomic E-state index is 12.3. The Balaban J connectivity index is 2.10. The van der Waals surface area contributed by atoms with Gasteiger partial charge in [-0.25, -0.2) is 0 Å². The highest BCUT2D eigenvalue weighted by Gasteiger charge is 2.52. The predicted octanol–water partition coefficient (Wildman–Crippen LogP) is 3.55. The van der Waals surface area contributed by atoms with Crippen LogP contribution in [0.25, 0.3) is 0 Å². The molecule has 0 bridgehead atoms. The Labute approximate surface area is 117 Å². The van der Waals surface area contributed by atoms with E-state index < -0.39 is 0 Å². The van der Waals surface area contributed by atoms with Crippen LogP contribution in [-0.2, 0) is 10.2 Å². The number of carbonyl (C=O) groups excluding carboxylic acids is 1. The van der Waals surface area contributed by atoms with Gasteiger partial charge in [-0.2, -0.15) is 0 Å². The third-order valence-electron chi connectivity index (χ3n) is 4.42. The number of benzene rings is 1. The van der Waals surface area contributed by atoms with Crippen molar-refractivity contribution in [3.8, 4) is 0 Å². The summed E-state index contributed by atoms with van der Waals surface area (Å²) in [5.41, 5.74) is 0.656. The molecule has 1 amide bonds. The normalized spacial score (nSPS) is 31.0. The summed E-state index contributed by atoms with van der Waals surface area (Å²) in [5.74, 6) is 0.557. The molecule has 96 valence electrons. The Hall–Kier alpha value is -0.730. The molecule has 2 atom stereocenters. The van der Waals surface area contributed by atoms with Crippen LogP contribution in [0.5, 0.6) is 0 Å². The fourth-order valence-corrected chi connectivity index (χ4v) is 3.78. The maximum atomic E-state index is 12.3. The standard InChI is InChI=1S/C14H15Cl2NO/c15-11-5-4-9(7-12(11)16)14-6-2-1-3-10(14)8-17-13(14)18/h4-5,7,10H,1-3,6,8H2,(H,17,18)/t10-,14+/m0/s1. The highest BCUT2D eigenvalue weighted by Crippen LogP contribution is 2.47. The first-order chi connectivity index (χ1) is 8.64. The van der Waals surface area contributed by atoms with Gasteiger partial charge < -0.3 is 5.32 Å². The first-order valence-electron chi connectivity index (χ1n) is 6.38. The van der Waals surface area contributed by atoms with Gasteiger partial charge in [0.2, 0.25) is 5.91 Å². The molecule has 3 rings (SSSR count). The minimum absolute atomic E-state index is 0.158. The van der Waals surface area contributed by atoms with Crippen LogP contribution in [0.4, 0.5) is 0 Å². The van der Waals surface area contributed by atoms with Crippen LogP contribution < -0.4 is 5.32 Å². The number of amides is 1. The van der Waals surface area contributed by atoms with Crippen LogP contribution in [0.1, 0.15) is 31.2 Å². The zero-order chi connectivity index (χ0) is 12.8. The Morgan fingerprint density at radius 2 is 2.06 bits per heavy atom. The van der Waals surface area contributed by atoms with Crippen molar-refractivity contribution >= 4 is 29.1 Å². The third kappa shape index (κ3) is 1.66. The lowest BCUT2D eigenvalue weighted by molar-refractivity contribution is -0.125. The molecule has 4 heteroatoms. The third-order valence-corrected chi connectivity index (χ3v) is 5.16. The zero-order valence-corrected chi connectivity index (χ0v) is 11.5. The molecular weight excluding hydrogens is 269 g/mol. The van der Waals surface area contributed by atoms with Crippen molar-refractivity contribution in [1.82, 2.24) is 5.32 Å². The van der Waals surface area contributed by atoms with E-state index in [0.29, 0.717) is 16.0 Å². The van der Waals surface area contributed by atoms with Crippen molar-refractivity contribution in [3.63, 3.8) is 0 Å². The molecule has 1 aliphatic heterocycles. The molecule has 1 aliphatic carbocycles. The van der Waals surface area contributed by atoms with Crippen LogP contribution in [0.3, 0.4) is 0 Å². The average Bonchev–Trinajstić information content (AvgIpc) is 2.72. The second kappa shape index (κ2) is 4.43. The molecule has 1 N–H and O–H groups in total. The van der Waals surface area contributed by atoms with E-state index in [4.69, 9.17) is 23.2 Å². The summed E-state index contributed by atoms with van der Waals surface area (Å²) >= 11 is 12.1. The second-order valence-corrected chi connectivity index (χ2v) is 6.07. The van der Waals surface area contributed by atoms with Gasteiger partial charge in [0.15, 0.2) is 0 Å². The fourth-order valence-electron chi connectivity index (χ4n) is 3.48. The van der Waals surface area contributed by atoms with Crippen LogP contribution in [-0.4, -0.2) is 12.5 Å². The first-order valence-corrected chi connectivity index (χ1v) is 7.14. The lowest BCUT2D eigenvalue weighted by Gasteiger charge is -2.37. The van der Waals surface area contributed by atoms with Crippen molar-refractivity contribution in [2.24, 2.45) is 5.92 Å². The van der Waals surface area contributed by atoms with E-state index in [1.807, 2.05) is 12.1 Å². The molecule has 2 fully saturated rings. The summed E-state index contributed by atoms with van der Waals surface area (Å²) in [5, 5.41) is 4.10. The lowest BCUT2D eigenvalue weighted by Crippen LogP contribution is -2.41. The minimum Gasteiger partial charge on any atom is -0.355 e. The highest BCUT2D eigenvalue weighted by atomic mass is 35.5. The van der Waals surface area contributed by atoms with Gasteiger partial charge >= 0.3 is 0 Å². The maximum Gasteiger partial charge on any atom is 0.231 e. The summed E-state index contributed by atoms with van der Waals surface area (Å²) in [4.78, 5) is 12.3. The van der Waals surface area contributed by atoms with Gasteiger partial charge in [0.05, 0.1) is 15.5 Å². The second-order valence-electron chi connectivity index (χ2n) is 5.25. The molecule has 1 heterocycles. The van der Waals surface area contributed by atoms with Gasteiger partial charge in [0.25, 0.3) is 0 Å². The summed E-state index contributed by atoms with van der Waals surface area (Å²) < 4.78 is 0. The van der Waals surface area contributed by atoms with E-state index in [1.54, 1.807) is 6.07 Å². The summed E-state index contributed by atoms with van der Waals surface area (Å²) in [6.45, 7) is 0.791. The number of rotatable bonds is 1. The summed E-state index contributed by atoms with van der Waals surface area (Å²) in [6, 6.07) is 5.62. The molecule has 18 heavy (non-hydrogen) atoms. The summed E-state index contributed by atoms with van der Waals surface area (Å²) in [7, 11) is 0. The van der Waals surface area contributed by atoms with Gasteiger partial charge in [-0.15, -0.1) is 0 Å². The largest absolute Gasteiger partial charge is 0.355 e. The van der Waals surface area contributed by atoms with E-state index in [1.165, 1.54) is 6.42 Å². The van der Waals surface area contributed by atoms with E-state index in [2.05, 4.69) is 5.32 Å². The van der Waals surface area contributed by atoms with Gasteiger partial charge in [0.1, 0.15) is 0 Å². The van der Waals surface area contributed by atoms with E-state index in [0.717, 1.165) is 31.4 Å². The predicted molar refractivity (Wildman–Crippen MR) is 73.1 cm³/mol. The summed E-state index contributed by atoms with van der Waals surface area (Å²) in [6.07, 6.45) is 4.34. The van der Waals surface area contributed by atoms with Gasteiger partial charge in [-0.1, -0.05) is 42.1 Å². The van der Waals surface area contributed by atoms with Crippen molar-refractivity contribution in [2.75, 3.05) is 6.54 Å². The molecular formula is C14H15Cl2NO. The van der Waals surface area contributed by atoms with E-state index in [9.17, 15) is 4.79 Å². The number of halogens is 2. The molecule has 2 aliphatic rings. The smallest absolute Gasteiger partial charge is 0.231 e. The first kappa shape index (κ1) is 12.3. The minimum atomic E-state index is -0.369. The topological polar surface area (TPSA) is 29.1 Å². The quantitative estimate of drug-likeness (QED) is 0.839. The molecule has 2 nitrogen and oxygen atoms in total. The number of carbonyl (C=O) groups is 1. The molecule has 1 aromatic rings. The zero-order valence-electron chi connectivity index (χ0n) is 10.0. The van der Waals surface area contributed by atoms with Crippen molar-refractivity contribution in [3.05, 3.63) is 33.8 Å². The van der Waals surface area contributed by atoms with Crippen molar-refractivity contribution < 1.29 is 4.79 Å². The number of hydrogen-bond donors (Lipinski definition) is 1. The van der Waals surface area contributed by atoms with Crippen LogP contribution in [0, 0.1) is 5.92 Å². The molecule has 1 saturated carbocycles. The molecule has 0 aromatic heterocycles. The SMILES string of the molecule is O=C1NC[C@@H]2CCCC[C@]12c1ccc(Cl)c(Cl)c1. The van der Waals surface area contributed by atoms with Gasteiger partial charge in [-0.3, -0.25) is 4.79 Å². The van der Waals surface area contributed by atoms with Gasteiger partial charge in [-0.05, 0) is 36.5 Å². The Morgan fingerprint density at radius 1 is 1.22 bits per heavy atom. The Kier molecular flexibility index (Phi) is 3.03. The van der Waals surface area contributed by atoms with E-state index in [-0.39, 0.29) is 11.3 Å². The molecule has 0 radical (unpaired) electrons. The lowest BCUT2D eigenvalue weighted by atomic mass is 9.64.